The Morgan fingerprint density at radius 3 is 2.63 bits per heavy atom. The zero-order valence-corrected chi connectivity index (χ0v) is 16.2. The molecule has 0 aliphatic carbocycles. The lowest BCUT2D eigenvalue weighted by atomic mass is 9.99. The van der Waals surface area contributed by atoms with Gasteiger partial charge in [0.25, 0.3) is 0 Å². The first-order chi connectivity index (χ1) is 12.8. The number of benzene rings is 1. The van der Waals surface area contributed by atoms with Gasteiger partial charge in [-0.1, -0.05) is 0 Å². The average molecular weight is 382 g/mol. The van der Waals surface area contributed by atoms with Crippen molar-refractivity contribution in [3.63, 3.8) is 0 Å². The SMILES string of the molecule is Cc1csc(NC(=O)Cc2c(C)c3cc4c(C)coc4c(C)c3oc2=O)n1. The van der Waals surface area contributed by atoms with Gasteiger partial charge in [0.15, 0.2) is 5.13 Å². The van der Waals surface area contributed by atoms with Gasteiger partial charge in [-0.25, -0.2) is 9.78 Å². The first kappa shape index (κ1) is 17.5. The Kier molecular flexibility index (Phi) is 4.11. The standard InChI is InChI=1S/C20H18N2O4S/c1-9-7-25-17-12(4)18-14(5-13(9)17)11(3)15(19(24)26-18)6-16(23)22-20-21-10(2)8-27-20/h5,7-8H,6H2,1-4H3,(H,21,22,23). The molecule has 0 unspecified atom stereocenters. The molecule has 0 bridgehead atoms. The maximum Gasteiger partial charge on any atom is 0.340 e. The molecule has 138 valence electrons. The number of nitrogens with zero attached hydrogens (tertiary/aromatic N) is 1. The summed E-state index contributed by atoms with van der Waals surface area (Å²) in [7, 11) is 0. The van der Waals surface area contributed by atoms with Crippen molar-refractivity contribution < 1.29 is 13.6 Å². The molecule has 0 radical (unpaired) electrons. The van der Waals surface area contributed by atoms with Crippen LogP contribution in [0.3, 0.4) is 0 Å². The highest BCUT2D eigenvalue weighted by Gasteiger charge is 2.19. The number of anilines is 1. The molecule has 0 aliphatic rings. The maximum atomic E-state index is 12.5. The molecule has 3 heterocycles. The number of hydrogen-bond donors (Lipinski definition) is 1. The number of rotatable bonds is 3. The summed E-state index contributed by atoms with van der Waals surface area (Å²) in [6.07, 6.45) is 1.62. The summed E-state index contributed by atoms with van der Waals surface area (Å²) >= 11 is 1.35. The lowest BCUT2D eigenvalue weighted by molar-refractivity contribution is -0.115. The van der Waals surface area contributed by atoms with Crippen LogP contribution in [0.4, 0.5) is 5.13 Å². The van der Waals surface area contributed by atoms with E-state index in [4.69, 9.17) is 8.83 Å². The van der Waals surface area contributed by atoms with E-state index in [0.717, 1.165) is 33.2 Å². The van der Waals surface area contributed by atoms with Gasteiger partial charge in [-0.2, -0.15) is 0 Å². The summed E-state index contributed by atoms with van der Waals surface area (Å²) in [5, 5.41) is 6.90. The molecule has 0 spiro atoms. The quantitative estimate of drug-likeness (QED) is 0.531. The predicted molar refractivity (Wildman–Crippen MR) is 106 cm³/mol. The molecule has 4 rings (SSSR count). The second kappa shape index (κ2) is 6.35. The van der Waals surface area contributed by atoms with E-state index in [1.54, 1.807) is 6.26 Å². The Balaban J connectivity index is 1.79. The van der Waals surface area contributed by atoms with Gasteiger partial charge in [0.2, 0.25) is 5.91 Å². The third-order valence-electron chi connectivity index (χ3n) is 4.74. The lowest BCUT2D eigenvalue weighted by Crippen LogP contribution is -2.20. The van der Waals surface area contributed by atoms with E-state index < -0.39 is 5.63 Å². The smallest absolute Gasteiger partial charge is 0.340 e. The maximum absolute atomic E-state index is 12.5. The molecular weight excluding hydrogens is 364 g/mol. The number of thiazole rings is 1. The molecule has 0 saturated carbocycles. The lowest BCUT2D eigenvalue weighted by Gasteiger charge is -2.10. The number of aryl methyl sites for hydroxylation is 4. The van der Waals surface area contributed by atoms with Crippen LogP contribution in [0.25, 0.3) is 21.9 Å². The monoisotopic (exact) mass is 382 g/mol. The van der Waals surface area contributed by atoms with Gasteiger partial charge in [-0.15, -0.1) is 11.3 Å². The van der Waals surface area contributed by atoms with Crippen molar-refractivity contribution in [2.75, 3.05) is 5.32 Å². The third kappa shape index (κ3) is 2.94. The molecule has 4 aromatic rings. The van der Waals surface area contributed by atoms with Crippen molar-refractivity contribution in [3.05, 3.63) is 56.1 Å². The molecule has 0 aliphatic heterocycles. The van der Waals surface area contributed by atoms with Gasteiger partial charge in [-0.3, -0.25) is 4.79 Å². The van der Waals surface area contributed by atoms with E-state index in [1.165, 1.54) is 11.3 Å². The predicted octanol–water partition coefficient (Wildman–Crippen LogP) is 4.41. The molecule has 7 heteroatoms. The molecule has 27 heavy (non-hydrogen) atoms. The summed E-state index contributed by atoms with van der Waals surface area (Å²) in [4.78, 5) is 29.1. The average Bonchev–Trinajstić information content (AvgIpc) is 3.19. The second-order valence-electron chi connectivity index (χ2n) is 6.69. The van der Waals surface area contributed by atoms with E-state index in [2.05, 4.69) is 10.3 Å². The van der Waals surface area contributed by atoms with Crippen molar-refractivity contribution in [1.82, 2.24) is 4.98 Å². The Morgan fingerprint density at radius 2 is 1.93 bits per heavy atom. The summed E-state index contributed by atoms with van der Waals surface area (Å²) < 4.78 is 11.2. The minimum Gasteiger partial charge on any atom is -0.464 e. The number of aromatic nitrogens is 1. The highest BCUT2D eigenvalue weighted by Crippen LogP contribution is 2.32. The molecule has 0 saturated heterocycles. The van der Waals surface area contributed by atoms with Crippen molar-refractivity contribution in [2.45, 2.75) is 34.1 Å². The Bertz CT molecular complexity index is 1260. The van der Waals surface area contributed by atoms with Gasteiger partial charge in [0, 0.05) is 21.7 Å². The van der Waals surface area contributed by atoms with E-state index in [0.29, 0.717) is 21.9 Å². The molecule has 1 aromatic carbocycles. The summed E-state index contributed by atoms with van der Waals surface area (Å²) in [5.41, 5.74) is 4.45. The fourth-order valence-corrected chi connectivity index (χ4v) is 3.96. The molecule has 0 atom stereocenters. The number of nitrogens with one attached hydrogen (secondary N) is 1. The molecule has 1 amide bonds. The van der Waals surface area contributed by atoms with E-state index >= 15 is 0 Å². The number of carbonyl (C=O) groups excluding carboxylic acids is 1. The van der Waals surface area contributed by atoms with Crippen LogP contribution in [-0.4, -0.2) is 10.9 Å². The highest BCUT2D eigenvalue weighted by molar-refractivity contribution is 7.13. The van der Waals surface area contributed by atoms with Crippen LogP contribution in [-0.2, 0) is 11.2 Å². The Labute approximate surface area is 158 Å². The fraction of sp³-hybridized carbons (Fsp3) is 0.250. The first-order valence-corrected chi connectivity index (χ1v) is 9.38. The van der Waals surface area contributed by atoms with Gasteiger partial charge in [0.1, 0.15) is 11.2 Å². The molecule has 1 N–H and O–H groups in total. The zero-order chi connectivity index (χ0) is 19.3. The van der Waals surface area contributed by atoms with Gasteiger partial charge < -0.3 is 14.2 Å². The first-order valence-electron chi connectivity index (χ1n) is 8.51. The minimum absolute atomic E-state index is 0.0653. The number of fused-ring (bicyclic) bond motifs is 2. The molecule has 6 nitrogen and oxygen atoms in total. The van der Waals surface area contributed by atoms with Gasteiger partial charge in [0.05, 0.1) is 23.9 Å². The van der Waals surface area contributed by atoms with Crippen molar-refractivity contribution in [1.29, 1.82) is 0 Å². The zero-order valence-electron chi connectivity index (χ0n) is 15.4. The van der Waals surface area contributed by atoms with Gasteiger partial charge in [-0.05, 0) is 44.9 Å². The Hall–Kier alpha value is -2.93. The highest BCUT2D eigenvalue weighted by atomic mass is 32.1. The van der Waals surface area contributed by atoms with E-state index in [1.807, 2.05) is 39.1 Å². The fourth-order valence-electron chi connectivity index (χ4n) is 3.26. The van der Waals surface area contributed by atoms with Crippen LogP contribution in [0.1, 0.15) is 27.9 Å². The number of furan rings is 1. The number of amides is 1. The number of carbonyl (C=O) groups is 1. The van der Waals surface area contributed by atoms with Crippen molar-refractivity contribution in [3.8, 4) is 0 Å². The molecule has 3 aromatic heterocycles. The van der Waals surface area contributed by atoms with Crippen LogP contribution in [0, 0.1) is 27.7 Å². The number of hydrogen-bond acceptors (Lipinski definition) is 6. The largest absolute Gasteiger partial charge is 0.464 e. The van der Waals surface area contributed by atoms with E-state index in [-0.39, 0.29) is 12.3 Å². The van der Waals surface area contributed by atoms with E-state index in [9.17, 15) is 9.59 Å². The normalized spacial score (nSPS) is 11.4. The minimum atomic E-state index is -0.504. The summed E-state index contributed by atoms with van der Waals surface area (Å²) in [5.74, 6) is -0.295. The van der Waals surface area contributed by atoms with Crippen LogP contribution in [0.15, 0.2) is 31.3 Å². The summed E-state index contributed by atoms with van der Waals surface area (Å²) in [6, 6.07) is 1.96. The topological polar surface area (TPSA) is 85.3 Å². The van der Waals surface area contributed by atoms with Crippen molar-refractivity contribution in [2.24, 2.45) is 0 Å². The molecular formula is C20H18N2O4S. The van der Waals surface area contributed by atoms with Gasteiger partial charge >= 0.3 is 5.63 Å². The summed E-state index contributed by atoms with van der Waals surface area (Å²) in [6.45, 7) is 7.54. The van der Waals surface area contributed by atoms with Crippen LogP contribution in [0.5, 0.6) is 0 Å². The third-order valence-corrected chi connectivity index (χ3v) is 5.61. The second-order valence-corrected chi connectivity index (χ2v) is 7.54. The van der Waals surface area contributed by atoms with Crippen molar-refractivity contribution >= 4 is 44.3 Å². The van der Waals surface area contributed by atoms with Crippen LogP contribution >= 0.6 is 11.3 Å². The molecule has 0 fully saturated rings. The Morgan fingerprint density at radius 1 is 1.15 bits per heavy atom. The van der Waals surface area contributed by atoms with Crippen LogP contribution in [0.2, 0.25) is 0 Å². The van der Waals surface area contributed by atoms with Crippen LogP contribution < -0.4 is 10.9 Å².